The fourth-order valence-electron chi connectivity index (χ4n) is 5.11. The molecule has 1 aromatic heterocycles. The first-order valence-electron chi connectivity index (χ1n) is 10.1. The van der Waals surface area contributed by atoms with Gasteiger partial charge < -0.3 is 10.0 Å². The average molecular weight is 378 g/mol. The third kappa shape index (κ3) is 2.72. The molecule has 0 saturated carbocycles. The van der Waals surface area contributed by atoms with Crippen LogP contribution in [0.4, 0.5) is 0 Å². The molecule has 2 aliphatic rings. The summed E-state index contributed by atoms with van der Waals surface area (Å²) < 4.78 is 0. The summed E-state index contributed by atoms with van der Waals surface area (Å²) in [6.07, 6.45) is 3.69. The Labute approximate surface area is 165 Å². The first-order valence-corrected chi connectivity index (χ1v) is 10.1. The maximum atomic E-state index is 13.2. The number of hydrogen-bond acceptors (Lipinski definition) is 3. The van der Waals surface area contributed by atoms with Gasteiger partial charge in [-0.15, -0.1) is 0 Å². The summed E-state index contributed by atoms with van der Waals surface area (Å²) in [5.41, 5.74) is 3.64. The van der Waals surface area contributed by atoms with Crippen molar-refractivity contribution in [2.24, 2.45) is 17.8 Å². The van der Waals surface area contributed by atoms with Crippen molar-refractivity contribution in [1.29, 1.82) is 0 Å². The first-order chi connectivity index (χ1) is 13.5. The number of piperidine rings is 1. The number of aromatic nitrogens is 1. The number of para-hydroxylation sites is 1. The molecule has 4 rings (SSSR count). The second-order valence-corrected chi connectivity index (χ2v) is 7.86. The normalized spacial score (nSPS) is 27.0. The molecule has 2 aromatic rings. The van der Waals surface area contributed by atoms with Crippen LogP contribution in [0.3, 0.4) is 0 Å². The molecule has 1 fully saturated rings. The molecule has 3 heterocycles. The maximum Gasteiger partial charge on any atom is 0.309 e. The van der Waals surface area contributed by atoms with Gasteiger partial charge in [0.2, 0.25) is 5.91 Å². The van der Waals surface area contributed by atoms with E-state index >= 15 is 0 Å². The van der Waals surface area contributed by atoms with E-state index in [-0.39, 0.29) is 17.7 Å². The summed E-state index contributed by atoms with van der Waals surface area (Å²) in [4.78, 5) is 32.3. The minimum atomic E-state index is -0.849. The lowest BCUT2D eigenvalue weighted by molar-refractivity contribution is -0.159. The number of carbonyl (C=O) groups is 2. The largest absolute Gasteiger partial charge is 0.481 e. The van der Waals surface area contributed by atoms with Gasteiger partial charge in [0.25, 0.3) is 0 Å². The maximum absolute atomic E-state index is 13.2. The van der Waals surface area contributed by atoms with Gasteiger partial charge in [0.05, 0.1) is 23.2 Å². The van der Waals surface area contributed by atoms with Crippen LogP contribution >= 0.6 is 0 Å². The molecule has 1 saturated heterocycles. The summed E-state index contributed by atoms with van der Waals surface area (Å²) in [5, 5.41) is 11.2. The molecule has 0 bridgehead atoms. The highest BCUT2D eigenvalue weighted by Gasteiger charge is 2.54. The zero-order valence-corrected chi connectivity index (χ0v) is 16.6. The number of benzene rings is 1. The Morgan fingerprint density at radius 3 is 2.71 bits per heavy atom. The number of carbonyl (C=O) groups excluding carboxylic acids is 1. The fourth-order valence-corrected chi connectivity index (χ4v) is 5.11. The summed E-state index contributed by atoms with van der Waals surface area (Å²) in [6.45, 7) is 6.41. The smallest absolute Gasteiger partial charge is 0.309 e. The molecule has 1 amide bonds. The average Bonchev–Trinajstić information content (AvgIpc) is 3.05. The molecule has 5 nitrogen and oxygen atoms in total. The number of carboxylic acids is 1. The molecule has 146 valence electrons. The van der Waals surface area contributed by atoms with Crippen LogP contribution in [0.15, 0.2) is 42.0 Å². The van der Waals surface area contributed by atoms with E-state index in [1.807, 2.05) is 45.0 Å². The van der Waals surface area contributed by atoms with E-state index in [0.717, 1.165) is 40.6 Å². The van der Waals surface area contributed by atoms with Crippen LogP contribution in [0.1, 0.15) is 50.9 Å². The van der Waals surface area contributed by atoms with Gasteiger partial charge in [-0.05, 0) is 30.5 Å². The van der Waals surface area contributed by atoms with Gasteiger partial charge in [0, 0.05) is 23.8 Å². The van der Waals surface area contributed by atoms with Crippen LogP contribution in [0, 0.1) is 17.8 Å². The number of fused-ring (bicyclic) bond motifs is 4. The lowest BCUT2D eigenvalue weighted by Crippen LogP contribution is -2.51. The highest BCUT2D eigenvalue weighted by Crippen LogP contribution is 2.50. The van der Waals surface area contributed by atoms with E-state index in [1.165, 1.54) is 0 Å². The monoisotopic (exact) mass is 378 g/mol. The number of hydrogen-bond donors (Lipinski definition) is 1. The van der Waals surface area contributed by atoms with Crippen molar-refractivity contribution in [2.75, 3.05) is 0 Å². The molecule has 2 aliphatic heterocycles. The first kappa shape index (κ1) is 18.7. The molecule has 4 atom stereocenters. The van der Waals surface area contributed by atoms with Crippen molar-refractivity contribution in [3.8, 4) is 0 Å². The van der Waals surface area contributed by atoms with Crippen molar-refractivity contribution in [2.45, 2.75) is 46.2 Å². The van der Waals surface area contributed by atoms with Gasteiger partial charge in [0.15, 0.2) is 0 Å². The zero-order chi connectivity index (χ0) is 20.0. The molecular formula is C23H26N2O3. The minimum absolute atomic E-state index is 0.0324. The third-order valence-electron chi connectivity index (χ3n) is 6.32. The standard InChI is InChI=1S/C23H26N2O3/c1-4-8-14(5-2)18-13(3)22(26)25-12-16-11-15-9-6-7-10-17(15)24-20(16)21(25)19(18)23(27)28/h6-11,13,18-19,21H,4-5,12H2,1-3H3,(H,27,28). The van der Waals surface area contributed by atoms with E-state index in [1.54, 1.807) is 4.90 Å². The Hall–Kier alpha value is -2.69. The van der Waals surface area contributed by atoms with Crippen molar-refractivity contribution in [1.82, 2.24) is 9.88 Å². The lowest BCUT2D eigenvalue weighted by atomic mass is 9.69. The number of amides is 1. The van der Waals surface area contributed by atoms with Crippen LogP contribution in [-0.2, 0) is 16.1 Å². The number of carboxylic acid groups (broad SMARTS) is 1. The van der Waals surface area contributed by atoms with Gasteiger partial charge in [-0.2, -0.15) is 0 Å². The van der Waals surface area contributed by atoms with Gasteiger partial charge in [-0.25, -0.2) is 0 Å². The quantitative estimate of drug-likeness (QED) is 0.804. The van der Waals surface area contributed by atoms with Gasteiger partial charge in [-0.1, -0.05) is 50.6 Å². The van der Waals surface area contributed by atoms with E-state index in [2.05, 4.69) is 12.1 Å². The third-order valence-corrected chi connectivity index (χ3v) is 6.32. The minimum Gasteiger partial charge on any atom is -0.481 e. The van der Waals surface area contributed by atoms with E-state index < -0.39 is 17.9 Å². The van der Waals surface area contributed by atoms with Crippen LogP contribution in [0.5, 0.6) is 0 Å². The van der Waals surface area contributed by atoms with E-state index in [0.29, 0.717) is 6.54 Å². The fraction of sp³-hybridized carbons (Fsp3) is 0.435. The Morgan fingerprint density at radius 1 is 1.29 bits per heavy atom. The zero-order valence-electron chi connectivity index (χ0n) is 16.6. The Balaban J connectivity index is 1.89. The summed E-state index contributed by atoms with van der Waals surface area (Å²) >= 11 is 0. The Bertz CT molecular complexity index is 981. The molecule has 1 N–H and O–H groups in total. The number of nitrogens with zero attached hydrogens (tertiary/aromatic N) is 2. The summed E-state index contributed by atoms with van der Waals surface area (Å²) in [6, 6.07) is 9.39. The van der Waals surface area contributed by atoms with Crippen LogP contribution in [0.25, 0.3) is 10.9 Å². The highest BCUT2D eigenvalue weighted by atomic mass is 16.4. The Kier molecular flexibility index (Phi) is 4.69. The highest BCUT2D eigenvalue weighted by molar-refractivity contribution is 5.87. The second kappa shape index (κ2) is 7.04. The molecule has 5 heteroatoms. The van der Waals surface area contributed by atoms with Crippen molar-refractivity contribution < 1.29 is 14.7 Å². The molecule has 1 aromatic carbocycles. The Morgan fingerprint density at radius 2 is 2.04 bits per heavy atom. The molecular weight excluding hydrogens is 352 g/mol. The van der Waals surface area contributed by atoms with Crippen LogP contribution < -0.4 is 0 Å². The van der Waals surface area contributed by atoms with Crippen molar-refractivity contribution in [3.05, 3.63) is 53.2 Å². The van der Waals surface area contributed by atoms with Crippen molar-refractivity contribution >= 4 is 22.8 Å². The predicted octanol–water partition coefficient (Wildman–Crippen LogP) is 4.33. The van der Waals surface area contributed by atoms with Gasteiger partial charge in [-0.3, -0.25) is 14.6 Å². The number of allylic oxidation sites excluding steroid dienone is 2. The number of aliphatic carboxylic acids is 1. The lowest BCUT2D eigenvalue weighted by Gasteiger charge is -2.44. The van der Waals surface area contributed by atoms with Gasteiger partial charge >= 0.3 is 5.97 Å². The SMILES string of the molecule is CCC=C(CC)C1C(C)C(=O)N2Cc3cc4ccccc4nc3C2C1C(=O)O. The topological polar surface area (TPSA) is 70.5 Å². The molecule has 28 heavy (non-hydrogen) atoms. The summed E-state index contributed by atoms with van der Waals surface area (Å²) in [7, 11) is 0. The molecule has 4 unspecified atom stereocenters. The van der Waals surface area contributed by atoms with Crippen molar-refractivity contribution in [3.63, 3.8) is 0 Å². The number of rotatable bonds is 4. The van der Waals surface area contributed by atoms with E-state index in [9.17, 15) is 14.7 Å². The summed E-state index contributed by atoms with van der Waals surface area (Å²) in [5.74, 6) is -2.14. The van der Waals surface area contributed by atoms with Gasteiger partial charge in [0.1, 0.15) is 0 Å². The predicted molar refractivity (Wildman–Crippen MR) is 107 cm³/mol. The van der Waals surface area contributed by atoms with E-state index in [4.69, 9.17) is 4.98 Å². The second-order valence-electron chi connectivity index (χ2n) is 7.86. The molecule has 0 aliphatic carbocycles. The van der Waals surface area contributed by atoms with Crippen LogP contribution in [0.2, 0.25) is 0 Å². The molecule has 0 radical (unpaired) electrons. The van der Waals surface area contributed by atoms with Crippen LogP contribution in [-0.4, -0.2) is 26.9 Å². The molecule has 0 spiro atoms. The number of pyridine rings is 1.